The van der Waals surface area contributed by atoms with Crippen LogP contribution in [-0.4, -0.2) is 55.5 Å². The summed E-state index contributed by atoms with van der Waals surface area (Å²) in [6.45, 7) is 9.92. The monoisotopic (exact) mass is 588 g/mol. The Labute approximate surface area is 241 Å². The molecule has 2 bridgehead atoms. The van der Waals surface area contributed by atoms with Crippen LogP contribution in [0.1, 0.15) is 57.8 Å². The molecule has 2 aromatic rings. The quantitative estimate of drug-likeness (QED) is 0.372. The molecule has 224 valence electrons. The number of rotatable bonds is 7. The Bertz CT molecular complexity index is 1370. The van der Waals surface area contributed by atoms with Crippen LogP contribution >= 0.6 is 0 Å². The molecule has 1 saturated carbocycles. The molecule has 11 nitrogen and oxygen atoms in total. The van der Waals surface area contributed by atoms with Gasteiger partial charge in [-0.3, -0.25) is 0 Å². The van der Waals surface area contributed by atoms with Crippen molar-refractivity contribution in [2.24, 2.45) is 23.7 Å². The van der Waals surface area contributed by atoms with Crippen LogP contribution in [0.5, 0.6) is 0 Å². The Morgan fingerprint density at radius 3 is 2.46 bits per heavy atom. The zero-order valence-electron chi connectivity index (χ0n) is 24.3. The van der Waals surface area contributed by atoms with E-state index in [1.807, 2.05) is 6.92 Å². The third kappa shape index (κ3) is 4.92. The Hall–Kier alpha value is -2.35. The highest BCUT2D eigenvalue weighted by molar-refractivity contribution is 7.92. The summed E-state index contributed by atoms with van der Waals surface area (Å²) in [6, 6.07) is 7.88. The molecular weight excluding hydrogens is 548 g/mol. The number of hydrogen-bond acceptors (Lipinski definition) is 10. The van der Waals surface area contributed by atoms with Crippen LogP contribution in [0.2, 0.25) is 0 Å². The second-order valence-corrected chi connectivity index (χ2v) is 14.1. The number of anilines is 2. The molecule has 1 spiro atoms. The minimum Gasteiger partial charge on any atom is -0.399 e. The Morgan fingerprint density at radius 2 is 1.76 bits per heavy atom. The van der Waals surface area contributed by atoms with Crippen molar-refractivity contribution in [2.75, 3.05) is 23.2 Å². The molecule has 12 heteroatoms. The maximum absolute atomic E-state index is 13.8. The van der Waals surface area contributed by atoms with Crippen LogP contribution < -0.4 is 10.0 Å². The smallest absolute Gasteiger partial charge is 0.266 e. The summed E-state index contributed by atoms with van der Waals surface area (Å²) in [5.74, 6) is -0.0114. The molecule has 2 N–H and O–H groups in total. The van der Waals surface area contributed by atoms with Crippen molar-refractivity contribution >= 4 is 21.7 Å². The highest BCUT2D eigenvalue weighted by atomic mass is 32.2. The first kappa shape index (κ1) is 28.8. The fraction of sp³-hybridized carbons (Fsp3) is 0.655. The Kier molecular flexibility index (Phi) is 7.31. The number of nitrogens with zero attached hydrogens (tertiary/aromatic N) is 3. The van der Waals surface area contributed by atoms with Gasteiger partial charge in [0, 0.05) is 35.3 Å². The SMILES string of the molecule is Cc1cc(C)nc(N(CCO[C@H]2O[C@@H]3O[C@@]4(C)CCC5[C@H](C)CC[C@@H]([C@H]2C)[C@]53OO4)S(=O)(=O)c2ccc(N)cc2)n1. The molecule has 41 heavy (non-hydrogen) atoms. The molecule has 4 saturated heterocycles. The summed E-state index contributed by atoms with van der Waals surface area (Å²) in [4.78, 5) is 21.1. The van der Waals surface area contributed by atoms with E-state index in [0.717, 1.165) is 25.7 Å². The van der Waals surface area contributed by atoms with Gasteiger partial charge in [0.15, 0.2) is 18.2 Å². The van der Waals surface area contributed by atoms with Crippen LogP contribution in [0.25, 0.3) is 0 Å². The first-order chi connectivity index (χ1) is 19.4. The lowest BCUT2D eigenvalue weighted by atomic mass is 9.58. The number of benzene rings is 1. The molecule has 4 aliphatic heterocycles. The largest absolute Gasteiger partial charge is 0.399 e. The zero-order valence-corrected chi connectivity index (χ0v) is 25.1. The third-order valence-electron chi connectivity index (χ3n) is 9.34. The van der Waals surface area contributed by atoms with E-state index in [-0.39, 0.29) is 41.7 Å². The van der Waals surface area contributed by atoms with Gasteiger partial charge >= 0.3 is 0 Å². The third-order valence-corrected chi connectivity index (χ3v) is 11.1. The van der Waals surface area contributed by atoms with Gasteiger partial charge in [-0.2, -0.15) is 0 Å². The van der Waals surface area contributed by atoms with Gasteiger partial charge in [0.2, 0.25) is 11.7 Å². The fourth-order valence-corrected chi connectivity index (χ4v) is 8.57. The minimum absolute atomic E-state index is 0.0134. The van der Waals surface area contributed by atoms with Crippen molar-refractivity contribution in [1.82, 2.24) is 9.97 Å². The van der Waals surface area contributed by atoms with Crippen LogP contribution in [0.3, 0.4) is 0 Å². The lowest BCUT2D eigenvalue weighted by molar-refractivity contribution is -0.577. The number of fused-ring (bicyclic) bond motifs is 2. The van der Waals surface area contributed by atoms with Crippen LogP contribution in [0.15, 0.2) is 35.2 Å². The number of hydrogen-bond donors (Lipinski definition) is 1. The van der Waals surface area contributed by atoms with Crippen LogP contribution in [0, 0.1) is 37.5 Å². The van der Waals surface area contributed by atoms with Gasteiger partial charge in [0.05, 0.1) is 18.0 Å². The van der Waals surface area contributed by atoms with Gasteiger partial charge in [-0.25, -0.2) is 32.5 Å². The first-order valence-corrected chi connectivity index (χ1v) is 15.9. The van der Waals surface area contributed by atoms with E-state index in [9.17, 15) is 8.42 Å². The summed E-state index contributed by atoms with van der Waals surface area (Å²) >= 11 is 0. The van der Waals surface area contributed by atoms with Crippen molar-refractivity contribution in [1.29, 1.82) is 0 Å². The molecule has 1 unspecified atom stereocenters. The van der Waals surface area contributed by atoms with Gasteiger partial charge in [-0.05, 0) is 82.2 Å². The van der Waals surface area contributed by atoms with Gasteiger partial charge in [0.1, 0.15) is 0 Å². The van der Waals surface area contributed by atoms with Crippen LogP contribution in [-0.2, 0) is 34.0 Å². The zero-order chi connectivity index (χ0) is 29.2. The van der Waals surface area contributed by atoms with Crippen molar-refractivity contribution < 1.29 is 32.4 Å². The minimum atomic E-state index is -4.01. The number of nitrogens with two attached hydrogens (primary N) is 1. The predicted octanol–water partition coefficient (Wildman–Crippen LogP) is 4.10. The average molecular weight is 589 g/mol. The molecule has 5 aliphatic rings. The Morgan fingerprint density at radius 1 is 1.05 bits per heavy atom. The summed E-state index contributed by atoms with van der Waals surface area (Å²) in [5, 5.41) is 0. The van der Waals surface area contributed by atoms with E-state index in [1.165, 1.54) is 16.4 Å². The van der Waals surface area contributed by atoms with E-state index in [4.69, 9.17) is 29.7 Å². The molecular formula is C29H40N4O7S. The van der Waals surface area contributed by atoms with E-state index in [0.29, 0.717) is 23.0 Å². The van der Waals surface area contributed by atoms with Crippen molar-refractivity contribution in [3.05, 3.63) is 41.7 Å². The van der Waals surface area contributed by atoms with Gasteiger partial charge in [0.25, 0.3) is 10.0 Å². The van der Waals surface area contributed by atoms with E-state index in [1.54, 1.807) is 32.0 Å². The molecule has 5 heterocycles. The highest BCUT2D eigenvalue weighted by Gasteiger charge is 2.69. The van der Waals surface area contributed by atoms with E-state index >= 15 is 0 Å². The van der Waals surface area contributed by atoms with Crippen LogP contribution in [0.4, 0.5) is 11.6 Å². The predicted molar refractivity (Wildman–Crippen MR) is 150 cm³/mol. The molecule has 1 aromatic carbocycles. The van der Waals surface area contributed by atoms with Crippen molar-refractivity contribution in [3.8, 4) is 0 Å². The number of aryl methyl sites for hydroxylation is 2. The first-order valence-electron chi connectivity index (χ1n) is 14.5. The standard InChI is InChI=1S/C29H40N4O7S/c1-17-6-11-24-20(4)25(37-26-29(24)23(17)12-13-28(5,38-26)39-40-29)36-15-14-33(27-31-18(2)16-19(3)32-27)41(34,35)22-9-7-21(30)8-10-22/h7-10,16-17,20,23-26H,6,11-15,30H2,1-5H3/t17-,20-,23?,24+,25+,26-,28-,29-/m1/s1. The maximum Gasteiger partial charge on any atom is 0.266 e. The molecule has 1 aromatic heterocycles. The summed E-state index contributed by atoms with van der Waals surface area (Å²) in [7, 11) is -4.01. The van der Waals surface area contributed by atoms with Gasteiger partial charge in [-0.15, -0.1) is 0 Å². The second kappa shape index (κ2) is 10.4. The molecule has 1 aliphatic carbocycles. The normalized spacial score (nSPS) is 36.4. The molecule has 5 fully saturated rings. The number of aromatic nitrogens is 2. The second-order valence-electron chi connectivity index (χ2n) is 12.2. The van der Waals surface area contributed by atoms with Crippen molar-refractivity contribution in [3.63, 3.8) is 0 Å². The van der Waals surface area contributed by atoms with E-state index in [2.05, 4.69) is 23.8 Å². The summed E-state index contributed by atoms with van der Waals surface area (Å²) in [6.07, 6.45) is 2.44. The van der Waals surface area contributed by atoms with E-state index < -0.39 is 34.0 Å². The number of sulfonamides is 1. The highest BCUT2D eigenvalue weighted by Crippen LogP contribution is 2.60. The maximum atomic E-state index is 13.8. The van der Waals surface area contributed by atoms with Gasteiger partial charge in [-0.1, -0.05) is 13.8 Å². The fourth-order valence-electron chi connectivity index (χ4n) is 7.23. The molecule has 8 atom stereocenters. The van der Waals surface area contributed by atoms with Gasteiger partial charge < -0.3 is 19.9 Å². The average Bonchev–Trinajstić information content (AvgIpc) is 3.14. The Balaban J connectivity index is 1.24. The molecule has 0 radical (unpaired) electrons. The summed E-state index contributed by atoms with van der Waals surface area (Å²) < 4.78 is 48.0. The number of ether oxygens (including phenoxy) is 3. The molecule has 7 rings (SSSR count). The molecule has 0 amide bonds. The topological polar surface area (TPSA) is 135 Å². The van der Waals surface area contributed by atoms with Crippen molar-refractivity contribution in [2.45, 2.75) is 89.2 Å². The number of nitrogen functional groups attached to an aromatic ring is 1. The summed E-state index contributed by atoms with van der Waals surface area (Å²) in [5.41, 5.74) is 6.92. The lowest BCUT2D eigenvalue weighted by Crippen LogP contribution is -2.70. The lowest BCUT2D eigenvalue weighted by Gasteiger charge is -2.60.